The van der Waals surface area contributed by atoms with Crippen LogP contribution in [0.2, 0.25) is 0 Å². The zero-order valence-electron chi connectivity index (χ0n) is 7.28. The highest BCUT2D eigenvalue weighted by Gasteiger charge is 2.09. The molecule has 1 heterocycles. The van der Waals surface area contributed by atoms with Gasteiger partial charge in [-0.05, 0) is 12.1 Å². The predicted molar refractivity (Wildman–Crippen MR) is 47.3 cm³/mol. The topological polar surface area (TPSA) is 59.1 Å². The molecule has 13 heavy (non-hydrogen) atoms. The normalized spacial score (nSPS) is 9.31. The van der Waals surface area contributed by atoms with E-state index < -0.39 is 0 Å². The second kappa shape index (κ2) is 4.35. The first kappa shape index (κ1) is 9.38. The summed E-state index contributed by atoms with van der Waals surface area (Å²) in [6.07, 6.45) is 2.91. The van der Waals surface area contributed by atoms with E-state index in [0.717, 1.165) is 0 Å². The lowest BCUT2D eigenvalue weighted by atomic mass is 10.1. The van der Waals surface area contributed by atoms with Crippen LogP contribution < -0.4 is 5.32 Å². The predicted octanol–water partition coefficient (Wildman–Crippen LogP) is 0.400. The Morgan fingerprint density at radius 2 is 2.31 bits per heavy atom. The van der Waals surface area contributed by atoms with Crippen molar-refractivity contribution < 1.29 is 9.59 Å². The second-order valence-electron chi connectivity index (χ2n) is 2.51. The number of hydrogen-bond donors (Lipinski definition) is 1. The summed E-state index contributed by atoms with van der Waals surface area (Å²) in [6, 6.07) is 3.30. The van der Waals surface area contributed by atoms with E-state index in [1.165, 1.54) is 13.2 Å². The maximum absolute atomic E-state index is 11.3. The molecule has 0 saturated carbocycles. The van der Waals surface area contributed by atoms with Gasteiger partial charge in [-0.2, -0.15) is 0 Å². The van der Waals surface area contributed by atoms with Crippen molar-refractivity contribution >= 4 is 11.7 Å². The third kappa shape index (κ3) is 2.66. The fourth-order valence-corrected chi connectivity index (χ4v) is 0.864. The van der Waals surface area contributed by atoms with E-state index in [1.807, 2.05) is 0 Å². The Morgan fingerprint density at radius 1 is 1.54 bits per heavy atom. The van der Waals surface area contributed by atoms with Crippen molar-refractivity contribution in [1.82, 2.24) is 10.3 Å². The molecule has 1 amide bonds. The average molecular weight is 178 g/mol. The first-order chi connectivity index (χ1) is 6.24. The van der Waals surface area contributed by atoms with Crippen molar-refractivity contribution in [2.45, 2.75) is 6.42 Å². The fourth-order valence-electron chi connectivity index (χ4n) is 0.864. The number of carbonyl (C=O) groups excluding carboxylic acids is 2. The minimum Gasteiger partial charge on any atom is -0.359 e. The molecule has 0 spiro atoms. The number of carbonyl (C=O) groups is 2. The van der Waals surface area contributed by atoms with Crippen LogP contribution in [-0.4, -0.2) is 23.7 Å². The summed E-state index contributed by atoms with van der Waals surface area (Å²) in [5.41, 5.74) is 0.464. The van der Waals surface area contributed by atoms with Crippen LogP contribution in [0.4, 0.5) is 0 Å². The Kier molecular flexibility index (Phi) is 3.14. The SMILES string of the molecule is CNC(=O)CC(=O)c1cccnc1. The Morgan fingerprint density at radius 3 is 2.85 bits per heavy atom. The van der Waals surface area contributed by atoms with Gasteiger partial charge in [0.05, 0.1) is 6.42 Å². The Balaban J connectivity index is 2.65. The molecule has 1 aromatic heterocycles. The Labute approximate surface area is 76.0 Å². The quantitative estimate of drug-likeness (QED) is 0.538. The highest BCUT2D eigenvalue weighted by Crippen LogP contribution is 2.00. The van der Waals surface area contributed by atoms with Gasteiger partial charge in [0.1, 0.15) is 0 Å². The molecule has 0 aliphatic rings. The molecule has 0 saturated heterocycles. The molecule has 0 radical (unpaired) electrons. The first-order valence-electron chi connectivity index (χ1n) is 3.88. The maximum atomic E-state index is 11.3. The van der Waals surface area contributed by atoms with Gasteiger partial charge in [0.25, 0.3) is 0 Å². The third-order valence-electron chi connectivity index (χ3n) is 1.58. The first-order valence-corrected chi connectivity index (χ1v) is 3.88. The lowest BCUT2D eigenvalue weighted by Crippen LogP contribution is -2.21. The number of ketones is 1. The third-order valence-corrected chi connectivity index (χ3v) is 1.58. The van der Waals surface area contributed by atoms with E-state index in [4.69, 9.17) is 0 Å². The van der Waals surface area contributed by atoms with Crippen molar-refractivity contribution in [2.75, 3.05) is 7.05 Å². The summed E-state index contributed by atoms with van der Waals surface area (Å²) in [5, 5.41) is 2.39. The van der Waals surface area contributed by atoms with Crippen LogP contribution in [0.15, 0.2) is 24.5 Å². The number of Topliss-reactive ketones (excluding diaryl/α,β-unsaturated/α-hetero) is 1. The molecule has 4 heteroatoms. The lowest BCUT2D eigenvalue weighted by Gasteiger charge is -1.98. The number of hydrogen-bond acceptors (Lipinski definition) is 3. The van der Waals surface area contributed by atoms with E-state index in [0.29, 0.717) is 5.56 Å². The minimum absolute atomic E-state index is 0.123. The fraction of sp³-hybridized carbons (Fsp3) is 0.222. The molecule has 1 aromatic rings. The van der Waals surface area contributed by atoms with Gasteiger partial charge in [-0.3, -0.25) is 14.6 Å². The molecule has 0 aromatic carbocycles. The molecule has 1 N–H and O–H groups in total. The summed E-state index contributed by atoms with van der Waals surface area (Å²) in [6.45, 7) is 0. The summed E-state index contributed by atoms with van der Waals surface area (Å²) in [4.78, 5) is 25.9. The summed E-state index contributed by atoms with van der Waals surface area (Å²) >= 11 is 0. The standard InChI is InChI=1S/C9H10N2O2/c1-10-9(13)5-8(12)7-3-2-4-11-6-7/h2-4,6H,5H2,1H3,(H,10,13). The molecular formula is C9H10N2O2. The Bertz CT molecular complexity index is 309. The van der Waals surface area contributed by atoms with Crippen LogP contribution in [-0.2, 0) is 4.79 Å². The number of pyridine rings is 1. The van der Waals surface area contributed by atoms with Crippen LogP contribution in [0.1, 0.15) is 16.8 Å². The molecule has 4 nitrogen and oxygen atoms in total. The summed E-state index contributed by atoms with van der Waals surface area (Å²) < 4.78 is 0. The van der Waals surface area contributed by atoms with Gasteiger partial charge >= 0.3 is 0 Å². The van der Waals surface area contributed by atoms with Crippen LogP contribution in [0.3, 0.4) is 0 Å². The van der Waals surface area contributed by atoms with E-state index >= 15 is 0 Å². The van der Waals surface area contributed by atoms with Gasteiger partial charge in [0.15, 0.2) is 5.78 Å². The maximum Gasteiger partial charge on any atom is 0.227 e. The number of amides is 1. The highest BCUT2D eigenvalue weighted by atomic mass is 16.2. The number of aromatic nitrogens is 1. The molecular weight excluding hydrogens is 168 g/mol. The van der Waals surface area contributed by atoms with E-state index in [1.54, 1.807) is 18.3 Å². The molecule has 0 aliphatic heterocycles. The zero-order chi connectivity index (χ0) is 9.68. The van der Waals surface area contributed by atoms with Crippen molar-refractivity contribution in [3.8, 4) is 0 Å². The smallest absolute Gasteiger partial charge is 0.227 e. The molecule has 0 bridgehead atoms. The number of nitrogens with zero attached hydrogens (tertiary/aromatic N) is 1. The Hall–Kier alpha value is -1.71. The van der Waals surface area contributed by atoms with Crippen LogP contribution >= 0.6 is 0 Å². The molecule has 1 rings (SSSR count). The molecule has 0 fully saturated rings. The van der Waals surface area contributed by atoms with Gasteiger partial charge in [-0.1, -0.05) is 0 Å². The zero-order valence-corrected chi connectivity index (χ0v) is 7.28. The minimum atomic E-state index is -0.283. The average Bonchev–Trinajstić information content (AvgIpc) is 2.19. The van der Waals surface area contributed by atoms with Gasteiger partial charge in [-0.25, -0.2) is 0 Å². The summed E-state index contributed by atoms with van der Waals surface area (Å²) in [5.74, 6) is -0.499. The van der Waals surface area contributed by atoms with Crippen LogP contribution in [0, 0.1) is 0 Å². The highest BCUT2D eigenvalue weighted by molar-refractivity contribution is 6.07. The van der Waals surface area contributed by atoms with E-state index in [9.17, 15) is 9.59 Å². The largest absolute Gasteiger partial charge is 0.359 e. The summed E-state index contributed by atoms with van der Waals surface area (Å²) in [7, 11) is 1.50. The molecule has 0 aliphatic carbocycles. The van der Waals surface area contributed by atoms with Crippen molar-refractivity contribution in [3.05, 3.63) is 30.1 Å². The molecule has 68 valence electrons. The van der Waals surface area contributed by atoms with Crippen molar-refractivity contribution in [1.29, 1.82) is 0 Å². The molecule has 0 atom stereocenters. The van der Waals surface area contributed by atoms with Gasteiger partial charge < -0.3 is 5.32 Å². The van der Waals surface area contributed by atoms with Crippen molar-refractivity contribution in [2.24, 2.45) is 0 Å². The van der Waals surface area contributed by atoms with E-state index in [-0.39, 0.29) is 18.1 Å². The van der Waals surface area contributed by atoms with Gasteiger partial charge in [-0.15, -0.1) is 0 Å². The monoisotopic (exact) mass is 178 g/mol. The van der Waals surface area contributed by atoms with Gasteiger partial charge in [0.2, 0.25) is 5.91 Å². The molecule has 0 unspecified atom stereocenters. The van der Waals surface area contributed by atoms with Crippen LogP contribution in [0.5, 0.6) is 0 Å². The van der Waals surface area contributed by atoms with E-state index in [2.05, 4.69) is 10.3 Å². The number of nitrogens with one attached hydrogen (secondary N) is 1. The van der Waals surface area contributed by atoms with Crippen molar-refractivity contribution in [3.63, 3.8) is 0 Å². The second-order valence-corrected chi connectivity index (χ2v) is 2.51. The number of rotatable bonds is 3. The van der Waals surface area contributed by atoms with Crippen LogP contribution in [0.25, 0.3) is 0 Å². The lowest BCUT2D eigenvalue weighted by molar-refractivity contribution is -0.119. The van der Waals surface area contributed by atoms with Gasteiger partial charge in [0, 0.05) is 25.0 Å².